The van der Waals surface area contributed by atoms with Crippen LogP contribution < -0.4 is 22.1 Å². The van der Waals surface area contributed by atoms with E-state index in [9.17, 15) is 4.79 Å². The molecule has 1 amide bonds. The number of amides is 1. The van der Waals surface area contributed by atoms with Gasteiger partial charge in [0.1, 0.15) is 0 Å². The number of nitrogens with one attached hydrogen (secondary N) is 2. The molecular formula is C22H31N9O. The maximum absolute atomic E-state index is 11.9. The lowest BCUT2D eigenvalue weighted by Crippen LogP contribution is -2.43. The fraction of sp³-hybridized carbons (Fsp3) is 0.500. The van der Waals surface area contributed by atoms with E-state index in [0.29, 0.717) is 5.95 Å². The van der Waals surface area contributed by atoms with Crippen LogP contribution in [0.25, 0.3) is 10.9 Å². The zero-order chi connectivity index (χ0) is 23.0. The first-order valence-electron chi connectivity index (χ1n) is 11.0. The minimum Gasteiger partial charge on any atom is -0.364 e. The smallest absolute Gasteiger partial charge is 0.273 e. The molecule has 2 aromatic heterocycles. The number of rotatable bonds is 5. The van der Waals surface area contributed by atoms with Gasteiger partial charge in [-0.05, 0) is 58.2 Å². The zero-order valence-electron chi connectivity index (χ0n) is 19.0. The first-order chi connectivity index (χ1) is 15.1. The van der Waals surface area contributed by atoms with E-state index >= 15 is 0 Å². The van der Waals surface area contributed by atoms with E-state index in [0.717, 1.165) is 47.8 Å². The Kier molecular flexibility index (Phi) is 5.72. The van der Waals surface area contributed by atoms with Gasteiger partial charge in [0.25, 0.3) is 5.91 Å². The van der Waals surface area contributed by atoms with Crippen LogP contribution in [0.4, 0.5) is 17.5 Å². The molecule has 2 heterocycles. The highest BCUT2D eigenvalue weighted by atomic mass is 16.1. The van der Waals surface area contributed by atoms with Crippen molar-refractivity contribution >= 4 is 34.3 Å². The minimum atomic E-state index is -0.702. The van der Waals surface area contributed by atoms with Gasteiger partial charge in [-0.15, -0.1) is 10.2 Å². The second-order valence-electron chi connectivity index (χ2n) is 9.50. The third-order valence-corrected chi connectivity index (χ3v) is 5.80. The second-order valence-corrected chi connectivity index (χ2v) is 9.50. The van der Waals surface area contributed by atoms with Gasteiger partial charge in [-0.25, -0.2) is 0 Å². The quantitative estimate of drug-likeness (QED) is 0.476. The van der Waals surface area contributed by atoms with Gasteiger partial charge in [-0.3, -0.25) is 9.48 Å². The summed E-state index contributed by atoms with van der Waals surface area (Å²) in [7, 11) is 0. The minimum absolute atomic E-state index is 0.0216. The van der Waals surface area contributed by atoms with Crippen LogP contribution in [0.15, 0.2) is 18.3 Å². The van der Waals surface area contributed by atoms with Crippen molar-refractivity contribution < 1.29 is 4.79 Å². The highest BCUT2D eigenvalue weighted by Gasteiger charge is 2.24. The molecule has 0 unspecified atom stereocenters. The molecule has 3 aromatic rings. The zero-order valence-corrected chi connectivity index (χ0v) is 19.0. The van der Waals surface area contributed by atoms with Crippen molar-refractivity contribution in [3.8, 4) is 0 Å². The van der Waals surface area contributed by atoms with Gasteiger partial charge in [-0.2, -0.15) is 10.1 Å². The summed E-state index contributed by atoms with van der Waals surface area (Å²) in [6, 6.07) is 4.03. The summed E-state index contributed by atoms with van der Waals surface area (Å²) in [5.41, 5.74) is 14.3. The molecule has 0 bridgehead atoms. The lowest BCUT2D eigenvalue weighted by Gasteiger charge is -2.29. The SMILES string of the molecule is Cc1cc(Nc2nc(N[C@@H]3CCCC[C@@H]3N)nnc2C(N)=O)cc2cn(C(C)(C)C)nc12. The van der Waals surface area contributed by atoms with Crippen molar-refractivity contribution in [3.63, 3.8) is 0 Å². The highest BCUT2D eigenvalue weighted by molar-refractivity contribution is 5.96. The summed E-state index contributed by atoms with van der Waals surface area (Å²) in [4.78, 5) is 16.4. The summed E-state index contributed by atoms with van der Waals surface area (Å²) < 4.78 is 1.95. The van der Waals surface area contributed by atoms with Gasteiger partial charge in [0, 0.05) is 29.4 Å². The average Bonchev–Trinajstić information content (AvgIpc) is 3.15. The average molecular weight is 438 g/mol. The number of nitrogens with two attached hydrogens (primary N) is 2. The van der Waals surface area contributed by atoms with Gasteiger partial charge in [0.15, 0.2) is 11.5 Å². The molecule has 2 atom stereocenters. The summed E-state index contributed by atoms with van der Waals surface area (Å²) in [6.07, 6.45) is 6.14. The van der Waals surface area contributed by atoms with Gasteiger partial charge >= 0.3 is 0 Å². The number of carbonyl (C=O) groups excluding carboxylic acids is 1. The monoisotopic (exact) mass is 437 g/mol. The Bertz CT molecular complexity index is 1150. The number of benzene rings is 1. The van der Waals surface area contributed by atoms with Gasteiger partial charge in [0.2, 0.25) is 5.95 Å². The van der Waals surface area contributed by atoms with E-state index in [1.807, 2.05) is 29.9 Å². The predicted octanol–water partition coefficient (Wildman–Crippen LogP) is 2.81. The van der Waals surface area contributed by atoms with Crippen LogP contribution in [-0.2, 0) is 5.54 Å². The number of hydrogen-bond acceptors (Lipinski definition) is 8. The Labute approximate surface area is 187 Å². The molecule has 0 radical (unpaired) electrons. The summed E-state index contributed by atoms with van der Waals surface area (Å²) in [6.45, 7) is 8.31. The molecule has 1 fully saturated rings. The van der Waals surface area contributed by atoms with Crippen molar-refractivity contribution in [2.45, 2.75) is 71.0 Å². The molecule has 10 heteroatoms. The van der Waals surface area contributed by atoms with Crippen molar-refractivity contribution in [3.05, 3.63) is 29.6 Å². The van der Waals surface area contributed by atoms with Crippen LogP contribution in [0.2, 0.25) is 0 Å². The standard InChI is InChI=1S/C22H31N9O/c1-12-9-14(10-13-11-31(22(2,3)4)30-17(12)13)25-20-18(19(24)32)28-29-21(27-20)26-16-8-6-5-7-15(16)23/h9-11,15-16H,5-8,23H2,1-4H3,(H2,24,32)(H2,25,26,27,29)/t15-,16+/m0/s1. The van der Waals surface area contributed by atoms with E-state index < -0.39 is 5.91 Å². The van der Waals surface area contributed by atoms with Crippen LogP contribution in [0, 0.1) is 6.92 Å². The summed E-state index contributed by atoms with van der Waals surface area (Å²) in [5.74, 6) is -0.133. The molecule has 1 aliphatic carbocycles. The second kappa shape index (κ2) is 8.34. The summed E-state index contributed by atoms with van der Waals surface area (Å²) >= 11 is 0. The maximum atomic E-state index is 11.9. The van der Waals surface area contributed by atoms with Crippen molar-refractivity contribution in [2.24, 2.45) is 11.5 Å². The molecule has 170 valence electrons. The molecule has 1 saturated carbocycles. The van der Waals surface area contributed by atoms with Gasteiger partial charge in [-0.1, -0.05) is 12.8 Å². The fourth-order valence-corrected chi connectivity index (χ4v) is 4.01. The van der Waals surface area contributed by atoms with Crippen molar-refractivity contribution in [2.75, 3.05) is 10.6 Å². The number of anilines is 3. The fourth-order valence-electron chi connectivity index (χ4n) is 4.01. The number of nitrogens with zero attached hydrogens (tertiary/aromatic N) is 5. The normalized spacial score (nSPS) is 19.2. The molecule has 10 nitrogen and oxygen atoms in total. The lowest BCUT2D eigenvalue weighted by molar-refractivity contribution is 0.0995. The van der Waals surface area contributed by atoms with Crippen LogP contribution in [-0.4, -0.2) is 43.0 Å². The Balaban J connectivity index is 1.66. The molecule has 0 spiro atoms. The Hall–Kier alpha value is -3.27. The Morgan fingerprint density at radius 1 is 1.19 bits per heavy atom. The molecule has 0 aliphatic heterocycles. The molecule has 4 rings (SSSR count). The maximum Gasteiger partial charge on any atom is 0.273 e. The first kappa shape index (κ1) is 21.9. The van der Waals surface area contributed by atoms with Gasteiger partial charge < -0.3 is 22.1 Å². The summed E-state index contributed by atoms with van der Waals surface area (Å²) in [5, 5.41) is 20.2. The Morgan fingerprint density at radius 3 is 2.62 bits per heavy atom. The molecule has 0 saturated heterocycles. The van der Waals surface area contributed by atoms with Crippen molar-refractivity contribution in [1.82, 2.24) is 25.0 Å². The van der Waals surface area contributed by atoms with E-state index in [-0.39, 0.29) is 29.1 Å². The number of aryl methyl sites for hydroxylation is 1. The Morgan fingerprint density at radius 2 is 1.94 bits per heavy atom. The topological polar surface area (TPSA) is 150 Å². The van der Waals surface area contributed by atoms with E-state index in [1.165, 1.54) is 0 Å². The van der Waals surface area contributed by atoms with E-state index in [2.05, 4.69) is 46.6 Å². The number of hydrogen-bond donors (Lipinski definition) is 4. The van der Waals surface area contributed by atoms with Gasteiger partial charge in [0.05, 0.1) is 11.1 Å². The predicted molar refractivity (Wildman–Crippen MR) is 125 cm³/mol. The third kappa shape index (κ3) is 4.50. The molecule has 6 N–H and O–H groups in total. The molecule has 1 aliphatic rings. The molecule has 1 aromatic carbocycles. The van der Waals surface area contributed by atoms with Crippen LogP contribution in [0.3, 0.4) is 0 Å². The number of fused-ring (bicyclic) bond motifs is 1. The van der Waals surface area contributed by atoms with E-state index in [4.69, 9.17) is 16.6 Å². The molecule has 32 heavy (non-hydrogen) atoms. The molecular weight excluding hydrogens is 406 g/mol. The van der Waals surface area contributed by atoms with Crippen LogP contribution >= 0.6 is 0 Å². The largest absolute Gasteiger partial charge is 0.364 e. The van der Waals surface area contributed by atoms with Crippen LogP contribution in [0.5, 0.6) is 0 Å². The number of aromatic nitrogens is 5. The third-order valence-electron chi connectivity index (χ3n) is 5.80. The number of carbonyl (C=O) groups is 1. The lowest BCUT2D eigenvalue weighted by atomic mass is 9.91. The first-order valence-corrected chi connectivity index (χ1v) is 11.0. The number of primary amides is 1. The van der Waals surface area contributed by atoms with Crippen molar-refractivity contribution in [1.29, 1.82) is 0 Å². The van der Waals surface area contributed by atoms with E-state index in [1.54, 1.807) is 0 Å². The highest BCUT2D eigenvalue weighted by Crippen LogP contribution is 2.28. The van der Waals surface area contributed by atoms with Crippen LogP contribution in [0.1, 0.15) is 62.5 Å².